The molecule has 14 heavy (non-hydrogen) atoms. The van der Waals surface area contributed by atoms with E-state index in [0.717, 1.165) is 0 Å². The van der Waals surface area contributed by atoms with Crippen LogP contribution in [0.4, 0.5) is 0 Å². The average molecular weight is 198 g/mol. The van der Waals surface area contributed by atoms with Crippen LogP contribution in [0.15, 0.2) is 4.99 Å². The molecule has 0 saturated carbocycles. The van der Waals surface area contributed by atoms with Crippen LogP contribution in [-0.4, -0.2) is 41.8 Å². The Morgan fingerprint density at radius 1 is 1.71 bits per heavy atom. The van der Waals surface area contributed by atoms with Gasteiger partial charge in [-0.25, -0.2) is 0 Å². The summed E-state index contributed by atoms with van der Waals surface area (Å²) in [5.74, 6) is -0.443. The van der Waals surface area contributed by atoms with E-state index in [2.05, 4.69) is 10.3 Å². The molecule has 0 aliphatic carbocycles. The summed E-state index contributed by atoms with van der Waals surface area (Å²) in [6.07, 6.45) is 0. The summed E-state index contributed by atoms with van der Waals surface area (Å²) in [4.78, 5) is 27.7. The predicted molar refractivity (Wildman–Crippen MR) is 51.5 cm³/mol. The van der Waals surface area contributed by atoms with Gasteiger partial charge in [-0.1, -0.05) is 0 Å². The van der Waals surface area contributed by atoms with E-state index in [4.69, 9.17) is 5.73 Å². The number of hydrogen-bond acceptors (Lipinski definition) is 3. The quantitative estimate of drug-likeness (QED) is 0.310. The zero-order valence-electron chi connectivity index (χ0n) is 8.28. The van der Waals surface area contributed by atoms with Gasteiger partial charge in [-0.3, -0.25) is 19.9 Å². The van der Waals surface area contributed by atoms with Crippen LogP contribution in [0, 0.1) is 0 Å². The van der Waals surface area contributed by atoms with Crippen LogP contribution in [0.2, 0.25) is 0 Å². The number of guanidine groups is 1. The summed E-state index contributed by atoms with van der Waals surface area (Å²) in [7, 11) is 0. The van der Waals surface area contributed by atoms with E-state index in [1.165, 1.54) is 4.90 Å². The zero-order chi connectivity index (χ0) is 10.7. The lowest BCUT2D eigenvalue weighted by atomic mass is 10.2. The molecular formula is C8H14N4O2. The first kappa shape index (κ1) is 10.5. The highest BCUT2D eigenvalue weighted by Crippen LogP contribution is 2.03. The normalized spacial score (nSPS) is 23.7. The molecule has 0 aromatic rings. The molecule has 1 aliphatic heterocycles. The van der Waals surface area contributed by atoms with Crippen molar-refractivity contribution in [2.45, 2.75) is 19.9 Å². The molecule has 1 heterocycles. The Morgan fingerprint density at radius 2 is 2.36 bits per heavy atom. The van der Waals surface area contributed by atoms with E-state index in [0.29, 0.717) is 6.54 Å². The van der Waals surface area contributed by atoms with Gasteiger partial charge in [0, 0.05) is 6.54 Å². The summed E-state index contributed by atoms with van der Waals surface area (Å²) in [5, 5.41) is 2.23. The highest BCUT2D eigenvalue weighted by atomic mass is 16.2. The molecular weight excluding hydrogens is 184 g/mol. The SMILES string of the molecule is CCN=C(N)N1CC(=O)NC(=O)C1C. The maximum absolute atomic E-state index is 11.2. The second kappa shape index (κ2) is 4.08. The van der Waals surface area contributed by atoms with E-state index < -0.39 is 6.04 Å². The van der Waals surface area contributed by atoms with Gasteiger partial charge in [0.05, 0.1) is 0 Å². The fourth-order valence-electron chi connectivity index (χ4n) is 1.25. The molecule has 6 heteroatoms. The van der Waals surface area contributed by atoms with Crippen molar-refractivity contribution in [3.63, 3.8) is 0 Å². The molecule has 6 nitrogen and oxygen atoms in total. The van der Waals surface area contributed by atoms with Crippen molar-refractivity contribution in [3.8, 4) is 0 Å². The molecule has 0 aromatic heterocycles. The highest BCUT2D eigenvalue weighted by Gasteiger charge is 2.31. The van der Waals surface area contributed by atoms with Crippen molar-refractivity contribution in [1.82, 2.24) is 10.2 Å². The first-order chi connectivity index (χ1) is 6.56. The van der Waals surface area contributed by atoms with E-state index in [1.54, 1.807) is 6.92 Å². The van der Waals surface area contributed by atoms with Crippen molar-refractivity contribution in [1.29, 1.82) is 0 Å². The number of nitrogens with one attached hydrogen (secondary N) is 1. The standard InChI is InChI=1S/C8H14N4O2/c1-3-10-8(9)12-4-6(13)11-7(14)5(12)2/h5H,3-4H2,1-2H3,(H2,9,10)(H,11,13,14). The lowest BCUT2D eigenvalue weighted by Crippen LogP contribution is -2.60. The largest absolute Gasteiger partial charge is 0.370 e. The molecule has 2 amide bonds. The van der Waals surface area contributed by atoms with E-state index in [-0.39, 0.29) is 24.3 Å². The minimum absolute atomic E-state index is 0.0856. The number of carbonyl (C=O) groups excluding carboxylic acids is 2. The molecule has 3 N–H and O–H groups in total. The molecule has 0 bridgehead atoms. The molecule has 78 valence electrons. The van der Waals surface area contributed by atoms with E-state index in [9.17, 15) is 9.59 Å². The van der Waals surface area contributed by atoms with Crippen molar-refractivity contribution in [3.05, 3.63) is 0 Å². The third-order valence-corrected chi connectivity index (χ3v) is 2.04. The van der Waals surface area contributed by atoms with Gasteiger partial charge in [0.2, 0.25) is 11.8 Å². The van der Waals surface area contributed by atoms with Gasteiger partial charge in [0.1, 0.15) is 12.6 Å². The maximum atomic E-state index is 11.2. The smallest absolute Gasteiger partial charge is 0.249 e. The zero-order valence-corrected chi connectivity index (χ0v) is 8.28. The van der Waals surface area contributed by atoms with Gasteiger partial charge >= 0.3 is 0 Å². The lowest BCUT2D eigenvalue weighted by Gasteiger charge is -2.32. The Labute approximate surface area is 82.2 Å². The molecule has 1 rings (SSSR count). The van der Waals surface area contributed by atoms with Gasteiger partial charge in [-0.15, -0.1) is 0 Å². The van der Waals surface area contributed by atoms with E-state index in [1.807, 2.05) is 6.92 Å². The van der Waals surface area contributed by atoms with Crippen molar-refractivity contribution >= 4 is 17.8 Å². The van der Waals surface area contributed by atoms with Crippen LogP contribution in [0.3, 0.4) is 0 Å². The maximum Gasteiger partial charge on any atom is 0.249 e. The van der Waals surface area contributed by atoms with Crippen LogP contribution in [0.5, 0.6) is 0 Å². The van der Waals surface area contributed by atoms with Gasteiger partial charge < -0.3 is 10.6 Å². The topological polar surface area (TPSA) is 87.8 Å². The van der Waals surface area contributed by atoms with Gasteiger partial charge in [0.15, 0.2) is 5.96 Å². The van der Waals surface area contributed by atoms with Crippen LogP contribution in [0.1, 0.15) is 13.8 Å². The van der Waals surface area contributed by atoms with Gasteiger partial charge in [0.25, 0.3) is 0 Å². The third kappa shape index (κ3) is 2.01. The van der Waals surface area contributed by atoms with Gasteiger partial charge in [-0.05, 0) is 13.8 Å². The van der Waals surface area contributed by atoms with Crippen molar-refractivity contribution in [2.75, 3.05) is 13.1 Å². The lowest BCUT2D eigenvalue weighted by molar-refractivity contribution is -0.137. The minimum atomic E-state index is -0.442. The second-order valence-electron chi connectivity index (χ2n) is 3.05. The first-order valence-corrected chi connectivity index (χ1v) is 4.46. The van der Waals surface area contributed by atoms with Crippen LogP contribution in [0.25, 0.3) is 0 Å². The van der Waals surface area contributed by atoms with Crippen LogP contribution >= 0.6 is 0 Å². The molecule has 0 spiro atoms. The van der Waals surface area contributed by atoms with E-state index >= 15 is 0 Å². The molecule has 0 radical (unpaired) electrons. The summed E-state index contributed by atoms with van der Waals surface area (Å²) in [6, 6.07) is -0.442. The summed E-state index contributed by atoms with van der Waals surface area (Å²) in [5.41, 5.74) is 5.62. The Kier molecular flexibility index (Phi) is 3.06. The number of imide groups is 1. The van der Waals surface area contributed by atoms with Gasteiger partial charge in [-0.2, -0.15) is 0 Å². The Bertz CT molecular complexity index is 287. The molecule has 1 atom stereocenters. The van der Waals surface area contributed by atoms with Crippen molar-refractivity contribution < 1.29 is 9.59 Å². The number of nitrogens with zero attached hydrogens (tertiary/aromatic N) is 2. The summed E-state index contributed by atoms with van der Waals surface area (Å²) < 4.78 is 0. The predicted octanol–water partition coefficient (Wildman–Crippen LogP) is -1.33. The second-order valence-corrected chi connectivity index (χ2v) is 3.05. The number of hydrogen-bond donors (Lipinski definition) is 2. The Hall–Kier alpha value is -1.59. The summed E-state index contributed by atoms with van der Waals surface area (Å²) in [6.45, 7) is 4.14. The molecule has 1 unspecified atom stereocenters. The van der Waals surface area contributed by atoms with Crippen LogP contribution in [-0.2, 0) is 9.59 Å². The Balaban J connectivity index is 2.81. The average Bonchev–Trinajstić information content (AvgIpc) is 2.11. The number of amides is 2. The van der Waals surface area contributed by atoms with Crippen molar-refractivity contribution in [2.24, 2.45) is 10.7 Å². The fraction of sp³-hybridized carbons (Fsp3) is 0.625. The number of carbonyl (C=O) groups is 2. The fourth-order valence-corrected chi connectivity index (χ4v) is 1.25. The Morgan fingerprint density at radius 3 is 2.93 bits per heavy atom. The molecule has 0 aromatic carbocycles. The monoisotopic (exact) mass is 198 g/mol. The number of aliphatic imine (C=N–C) groups is 1. The number of piperazine rings is 1. The molecule has 1 fully saturated rings. The third-order valence-electron chi connectivity index (χ3n) is 2.04. The van der Waals surface area contributed by atoms with Crippen LogP contribution < -0.4 is 11.1 Å². The number of rotatable bonds is 1. The first-order valence-electron chi connectivity index (χ1n) is 4.46. The number of nitrogens with two attached hydrogens (primary N) is 1. The minimum Gasteiger partial charge on any atom is -0.370 e. The molecule has 1 aliphatic rings. The highest BCUT2D eigenvalue weighted by molar-refractivity contribution is 6.04. The summed E-state index contributed by atoms with van der Waals surface area (Å²) >= 11 is 0. The molecule has 1 saturated heterocycles.